The molecule has 0 atom stereocenters. The van der Waals surface area contributed by atoms with Gasteiger partial charge in [-0.25, -0.2) is 0 Å². The maximum atomic E-state index is 11.3. The van der Waals surface area contributed by atoms with Gasteiger partial charge in [0.2, 0.25) is 5.91 Å². The third-order valence-corrected chi connectivity index (χ3v) is 2.72. The first kappa shape index (κ1) is 14.0. The minimum absolute atomic E-state index is 0.196. The molecule has 1 aromatic carbocycles. The number of nitrogens with one attached hydrogen (secondary N) is 1. The van der Waals surface area contributed by atoms with E-state index < -0.39 is 0 Å². The summed E-state index contributed by atoms with van der Waals surface area (Å²) in [5.41, 5.74) is 1.04. The zero-order chi connectivity index (χ0) is 14.7. The highest BCUT2D eigenvalue weighted by Crippen LogP contribution is 2.43. The maximum Gasteiger partial charge on any atom is 0.285 e. The number of carbonyl (C=O) groups excluding carboxylic acids is 1. The van der Waals surface area contributed by atoms with Crippen molar-refractivity contribution in [2.45, 2.75) is 13.8 Å². The topological polar surface area (TPSA) is 69.9 Å². The van der Waals surface area contributed by atoms with E-state index in [0.717, 1.165) is 0 Å². The predicted molar refractivity (Wildman–Crippen MR) is 74.8 cm³/mol. The Morgan fingerprint density at radius 2 is 2.05 bits per heavy atom. The molecule has 6 nitrogen and oxygen atoms in total. The summed E-state index contributed by atoms with van der Waals surface area (Å²) >= 11 is 0. The molecule has 2 rings (SSSR count). The Hall–Kier alpha value is -2.37. The molecule has 0 unspecified atom stereocenters. The van der Waals surface area contributed by atoms with E-state index in [4.69, 9.17) is 18.6 Å². The third kappa shape index (κ3) is 2.49. The van der Waals surface area contributed by atoms with Crippen LogP contribution in [0.2, 0.25) is 0 Å². The lowest BCUT2D eigenvalue weighted by atomic mass is 10.2. The number of hydrogen-bond donors (Lipinski definition) is 1. The fourth-order valence-electron chi connectivity index (χ4n) is 1.99. The number of amides is 1. The van der Waals surface area contributed by atoms with Gasteiger partial charge in [0, 0.05) is 19.1 Å². The molecule has 0 bridgehead atoms. The van der Waals surface area contributed by atoms with Crippen LogP contribution in [0, 0.1) is 0 Å². The largest absolute Gasteiger partial charge is 0.494 e. The second-order valence-corrected chi connectivity index (χ2v) is 4.08. The molecule has 20 heavy (non-hydrogen) atoms. The standard InChI is InChI=1S/C14H17NO5/c1-5-19-12-6-9-13(18-4)10(15-8(2)16)7-11(17-3)14(9)20-12/h6-7H,5H2,1-4H3,(H,15,16). The van der Waals surface area contributed by atoms with Crippen LogP contribution >= 0.6 is 0 Å². The molecule has 1 aromatic heterocycles. The quantitative estimate of drug-likeness (QED) is 0.911. The van der Waals surface area contributed by atoms with Crippen LogP contribution < -0.4 is 19.5 Å². The number of benzene rings is 1. The number of fused-ring (bicyclic) bond motifs is 1. The van der Waals surface area contributed by atoms with E-state index in [9.17, 15) is 4.79 Å². The summed E-state index contributed by atoms with van der Waals surface area (Å²) in [6.45, 7) is 3.78. The zero-order valence-corrected chi connectivity index (χ0v) is 11.9. The molecule has 0 saturated carbocycles. The van der Waals surface area contributed by atoms with E-state index in [2.05, 4.69) is 5.32 Å². The fraction of sp³-hybridized carbons (Fsp3) is 0.357. The summed E-state index contributed by atoms with van der Waals surface area (Å²) in [7, 11) is 3.06. The summed E-state index contributed by atoms with van der Waals surface area (Å²) in [4.78, 5) is 11.3. The van der Waals surface area contributed by atoms with Crippen molar-refractivity contribution in [3.63, 3.8) is 0 Å². The Bertz CT molecular complexity index is 632. The number of carbonyl (C=O) groups is 1. The first-order valence-electron chi connectivity index (χ1n) is 6.19. The lowest BCUT2D eigenvalue weighted by Gasteiger charge is -2.11. The van der Waals surface area contributed by atoms with Crippen molar-refractivity contribution in [2.24, 2.45) is 0 Å². The minimum Gasteiger partial charge on any atom is -0.494 e. The van der Waals surface area contributed by atoms with Crippen LogP contribution in [0.5, 0.6) is 17.4 Å². The highest BCUT2D eigenvalue weighted by molar-refractivity contribution is 6.00. The highest BCUT2D eigenvalue weighted by atomic mass is 16.6. The van der Waals surface area contributed by atoms with Gasteiger partial charge < -0.3 is 23.9 Å². The SMILES string of the molecule is CCOc1cc2c(OC)c(NC(C)=O)cc(OC)c2o1. The Balaban J connectivity index is 2.66. The van der Waals surface area contributed by atoms with Gasteiger partial charge in [0.05, 0.1) is 31.9 Å². The van der Waals surface area contributed by atoms with Crippen molar-refractivity contribution in [1.29, 1.82) is 0 Å². The van der Waals surface area contributed by atoms with Crippen LogP contribution in [0.1, 0.15) is 13.8 Å². The minimum atomic E-state index is -0.196. The summed E-state index contributed by atoms with van der Waals surface area (Å²) in [6, 6.07) is 3.37. The molecule has 108 valence electrons. The van der Waals surface area contributed by atoms with Gasteiger partial charge >= 0.3 is 0 Å². The molecule has 1 heterocycles. The number of furan rings is 1. The highest BCUT2D eigenvalue weighted by Gasteiger charge is 2.19. The average Bonchev–Trinajstić information content (AvgIpc) is 2.81. The second-order valence-electron chi connectivity index (χ2n) is 4.08. The predicted octanol–water partition coefficient (Wildman–Crippen LogP) is 2.81. The summed E-state index contributed by atoms with van der Waals surface area (Å²) in [5.74, 6) is 1.18. The lowest BCUT2D eigenvalue weighted by Crippen LogP contribution is -2.07. The molecule has 0 aliphatic carbocycles. The number of ether oxygens (including phenoxy) is 3. The van der Waals surface area contributed by atoms with Crippen LogP contribution in [0.3, 0.4) is 0 Å². The molecule has 0 aliphatic heterocycles. The first-order valence-corrected chi connectivity index (χ1v) is 6.19. The van der Waals surface area contributed by atoms with Crippen molar-refractivity contribution in [1.82, 2.24) is 0 Å². The Labute approximate surface area is 116 Å². The van der Waals surface area contributed by atoms with Crippen LogP contribution in [-0.2, 0) is 4.79 Å². The number of hydrogen-bond acceptors (Lipinski definition) is 5. The number of rotatable bonds is 5. The Morgan fingerprint density at radius 3 is 2.60 bits per heavy atom. The van der Waals surface area contributed by atoms with Gasteiger partial charge in [0.15, 0.2) is 17.1 Å². The van der Waals surface area contributed by atoms with Crippen molar-refractivity contribution in [3.05, 3.63) is 12.1 Å². The lowest BCUT2D eigenvalue weighted by molar-refractivity contribution is -0.114. The van der Waals surface area contributed by atoms with Crippen molar-refractivity contribution in [3.8, 4) is 17.4 Å². The molecule has 0 radical (unpaired) electrons. The van der Waals surface area contributed by atoms with Crippen molar-refractivity contribution >= 4 is 22.6 Å². The molecular weight excluding hydrogens is 262 g/mol. The molecule has 0 saturated heterocycles. The third-order valence-electron chi connectivity index (χ3n) is 2.72. The molecule has 0 aliphatic rings. The van der Waals surface area contributed by atoms with Gasteiger partial charge in [-0.3, -0.25) is 4.79 Å². The van der Waals surface area contributed by atoms with Crippen LogP contribution in [0.4, 0.5) is 5.69 Å². The number of anilines is 1. The fourth-order valence-corrected chi connectivity index (χ4v) is 1.99. The molecule has 1 amide bonds. The smallest absolute Gasteiger partial charge is 0.285 e. The van der Waals surface area contributed by atoms with Gasteiger partial charge in [-0.05, 0) is 6.92 Å². The molecule has 0 fully saturated rings. The molecule has 6 heteroatoms. The van der Waals surface area contributed by atoms with E-state index in [0.29, 0.717) is 40.7 Å². The molecule has 2 aromatic rings. The van der Waals surface area contributed by atoms with Gasteiger partial charge in [0.1, 0.15) is 0 Å². The van der Waals surface area contributed by atoms with Crippen LogP contribution in [-0.4, -0.2) is 26.7 Å². The number of methoxy groups -OCH3 is 2. The van der Waals surface area contributed by atoms with E-state index >= 15 is 0 Å². The maximum absolute atomic E-state index is 11.3. The zero-order valence-electron chi connectivity index (χ0n) is 11.9. The van der Waals surface area contributed by atoms with Gasteiger partial charge in [-0.15, -0.1) is 0 Å². The van der Waals surface area contributed by atoms with Gasteiger partial charge in [0.25, 0.3) is 5.95 Å². The monoisotopic (exact) mass is 279 g/mol. The molecule has 0 spiro atoms. The van der Waals surface area contributed by atoms with Crippen LogP contribution in [0.15, 0.2) is 16.5 Å². The summed E-state index contributed by atoms with van der Waals surface area (Å²) < 4.78 is 21.6. The summed E-state index contributed by atoms with van der Waals surface area (Å²) in [6.07, 6.45) is 0. The Morgan fingerprint density at radius 1 is 1.30 bits per heavy atom. The first-order chi connectivity index (χ1) is 9.60. The Kier molecular flexibility index (Phi) is 4.02. The molecule has 1 N–H and O–H groups in total. The second kappa shape index (κ2) is 5.73. The van der Waals surface area contributed by atoms with Crippen molar-refractivity contribution < 1.29 is 23.4 Å². The normalized spacial score (nSPS) is 10.4. The molecular formula is C14H17NO5. The van der Waals surface area contributed by atoms with E-state index in [1.807, 2.05) is 6.92 Å². The van der Waals surface area contributed by atoms with E-state index in [1.54, 1.807) is 12.1 Å². The average molecular weight is 279 g/mol. The van der Waals surface area contributed by atoms with Gasteiger partial charge in [-0.1, -0.05) is 0 Å². The summed E-state index contributed by atoms with van der Waals surface area (Å²) in [5, 5.41) is 3.39. The van der Waals surface area contributed by atoms with E-state index in [-0.39, 0.29) is 5.91 Å². The van der Waals surface area contributed by atoms with E-state index in [1.165, 1.54) is 21.1 Å². The van der Waals surface area contributed by atoms with Gasteiger partial charge in [-0.2, -0.15) is 0 Å². The van der Waals surface area contributed by atoms with Crippen molar-refractivity contribution in [2.75, 3.05) is 26.1 Å². The van der Waals surface area contributed by atoms with Crippen LogP contribution in [0.25, 0.3) is 11.0 Å².